The number of rotatable bonds is 5. The molecule has 1 N–H and O–H groups in total. The number of hydrogen-bond donors (Lipinski definition) is 1. The first-order valence-corrected chi connectivity index (χ1v) is 9.65. The Labute approximate surface area is 160 Å². The predicted molar refractivity (Wildman–Crippen MR) is 104 cm³/mol. The summed E-state index contributed by atoms with van der Waals surface area (Å²) in [5, 5.41) is 7.94. The summed E-state index contributed by atoms with van der Waals surface area (Å²) in [7, 11) is 0. The van der Waals surface area contributed by atoms with Gasteiger partial charge in [-0.15, -0.1) is 0 Å². The van der Waals surface area contributed by atoms with Crippen LogP contribution in [0.1, 0.15) is 42.4 Å². The fraction of sp³-hybridized carbons (Fsp3) is 0.524. The Morgan fingerprint density at radius 3 is 2.85 bits per heavy atom. The minimum atomic E-state index is -0.271. The number of nitrogens with zero attached hydrogens (tertiary/aromatic N) is 3. The van der Waals surface area contributed by atoms with Gasteiger partial charge < -0.3 is 10.2 Å². The number of carbonyl (C=O) groups is 1. The van der Waals surface area contributed by atoms with Crippen LogP contribution in [-0.2, 0) is 17.8 Å². The molecule has 0 bridgehead atoms. The molecular weight excluding hydrogens is 343 g/mol. The van der Waals surface area contributed by atoms with Gasteiger partial charge in [-0.3, -0.25) is 9.48 Å². The van der Waals surface area contributed by atoms with E-state index < -0.39 is 0 Å². The van der Waals surface area contributed by atoms with Gasteiger partial charge in [0.25, 0.3) is 0 Å². The second-order valence-corrected chi connectivity index (χ2v) is 7.76. The Balaban J connectivity index is 1.81. The van der Waals surface area contributed by atoms with E-state index in [9.17, 15) is 9.18 Å². The Hall–Kier alpha value is -2.21. The highest BCUT2D eigenvalue weighted by Crippen LogP contribution is 2.25. The van der Waals surface area contributed by atoms with Gasteiger partial charge in [0.2, 0.25) is 5.91 Å². The van der Waals surface area contributed by atoms with Gasteiger partial charge in [0.05, 0.1) is 18.2 Å². The van der Waals surface area contributed by atoms with Crippen molar-refractivity contribution in [2.45, 2.75) is 46.7 Å². The maximum absolute atomic E-state index is 13.7. The van der Waals surface area contributed by atoms with Crippen molar-refractivity contribution in [1.82, 2.24) is 20.0 Å². The van der Waals surface area contributed by atoms with Crippen LogP contribution in [0.2, 0.25) is 0 Å². The summed E-state index contributed by atoms with van der Waals surface area (Å²) in [4.78, 5) is 15.0. The van der Waals surface area contributed by atoms with E-state index in [0.717, 1.165) is 35.6 Å². The predicted octanol–water partition coefficient (Wildman–Crippen LogP) is 3.01. The van der Waals surface area contributed by atoms with Crippen LogP contribution >= 0.6 is 0 Å². The highest BCUT2D eigenvalue weighted by Gasteiger charge is 2.29. The summed E-state index contributed by atoms with van der Waals surface area (Å²) in [6, 6.07) is 6.40. The molecule has 3 rings (SSSR count). The van der Waals surface area contributed by atoms with E-state index in [1.807, 2.05) is 29.5 Å². The average molecular weight is 372 g/mol. The summed E-state index contributed by atoms with van der Waals surface area (Å²) in [5.74, 6) is 0.297. The van der Waals surface area contributed by atoms with Gasteiger partial charge in [0.1, 0.15) is 5.82 Å². The number of hydrogen-bond acceptors (Lipinski definition) is 3. The van der Waals surface area contributed by atoms with Gasteiger partial charge in [-0.1, -0.05) is 26.0 Å². The third kappa shape index (κ3) is 4.38. The van der Waals surface area contributed by atoms with Crippen molar-refractivity contribution in [2.75, 3.05) is 19.6 Å². The van der Waals surface area contributed by atoms with E-state index in [1.54, 1.807) is 6.07 Å². The molecule has 1 aliphatic rings. The molecule has 2 heterocycles. The highest BCUT2D eigenvalue weighted by molar-refractivity contribution is 5.80. The SMILES string of the molecule is Cc1nn(CC(C)C)c(C)c1CC(=O)N1CCNCC1c1cccc(F)c1. The number of nitrogens with one attached hydrogen (secondary N) is 1. The number of piperazine rings is 1. The molecule has 0 aliphatic carbocycles. The molecular formula is C21H29FN4O. The second-order valence-electron chi connectivity index (χ2n) is 7.76. The summed E-state index contributed by atoms with van der Waals surface area (Å²) < 4.78 is 15.7. The van der Waals surface area contributed by atoms with Crippen molar-refractivity contribution < 1.29 is 9.18 Å². The van der Waals surface area contributed by atoms with Crippen LogP contribution in [0.4, 0.5) is 4.39 Å². The van der Waals surface area contributed by atoms with E-state index in [-0.39, 0.29) is 17.8 Å². The smallest absolute Gasteiger partial charge is 0.227 e. The third-order valence-electron chi connectivity index (χ3n) is 5.19. The zero-order chi connectivity index (χ0) is 19.6. The topological polar surface area (TPSA) is 50.2 Å². The number of halogens is 1. The summed E-state index contributed by atoms with van der Waals surface area (Å²) in [5.41, 5.74) is 3.82. The molecule has 2 aromatic rings. The quantitative estimate of drug-likeness (QED) is 0.878. The molecule has 1 aliphatic heterocycles. The van der Waals surface area contributed by atoms with Gasteiger partial charge in [0.15, 0.2) is 0 Å². The maximum atomic E-state index is 13.7. The fourth-order valence-corrected chi connectivity index (χ4v) is 3.78. The molecule has 27 heavy (non-hydrogen) atoms. The van der Waals surface area contributed by atoms with Crippen molar-refractivity contribution >= 4 is 5.91 Å². The van der Waals surface area contributed by atoms with E-state index in [4.69, 9.17) is 0 Å². The van der Waals surface area contributed by atoms with Crippen LogP contribution in [0.5, 0.6) is 0 Å². The molecule has 1 fully saturated rings. The lowest BCUT2D eigenvalue weighted by Crippen LogP contribution is -2.49. The minimum Gasteiger partial charge on any atom is -0.333 e. The van der Waals surface area contributed by atoms with Crippen LogP contribution in [0.15, 0.2) is 24.3 Å². The van der Waals surface area contributed by atoms with Crippen molar-refractivity contribution in [2.24, 2.45) is 5.92 Å². The molecule has 1 amide bonds. The third-order valence-corrected chi connectivity index (χ3v) is 5.19. The van der Waals surface area contributed by atoms with Crippen molar-refractivity contribution in [3.05, 3.63) is 52.6 Å². The first kappa shape index (κ1) is 19.5. The number of carbonyl (C=O) groups excluding carboxylic acids is 1. The molecule has 1 aromatic heterocycles. The van der Waals surface area contributed by atoms with Crippen LogP contribution in [0.3, 0.4) is 0 Å². The monoisotopic (exact) mass is 372 g/mol. The van der Waals surface area contributed by atoms with Gasteiger partial charge in [0, 0.05) is 37.4 Å². The Kier molecular flexibility index (Phi) is 5.95. The largest absolute Gasteiger partial charge is 0.333 e. The standard InChI is InChI=1S/C21H29FN4O/c1-14(2)13-26-16(4)19(15(3)24-26)11-21(27)25-9-8-23-12-20(25)17-6-5-7-18(22)10-17/h5-7,10,14,20,23H,8-9,11-13H2,1-4H3. The number of aromatic nitrogens is 2. The van der Waals surface area contributed by atoms with Crippen molar-refractivity contribution in [1.29, 1.82) is 0 Å². The summed E-state index contributed by atoms with van der Waals surface area (Å²) >= 11 is 0. The molecule has 1 saturated heterocycles. The van der Waals surface area contributed by atoms with E-state index >= 15 is 0 Å². The Morgan fingerprint density at radius 1 is 1.37 bits per heavy atom. The van der Waals surface area contributed by atoms with Crippen LogP contribution in [0, 0.1) is 25.6 Å². The normalized spacial score (nSPS) is 17.6. The maximum Gasteiger partial charge on any atom is 0.227 e. The molecule has 0 radical (unpaired) electrons. The zero-order valence-electron chi connectivity index (χ0n) is 16.6. The fourth-order valence-electron chi connectivity index (χ4n) is 3.78. The van der Waals surface area contributed by atoms with E-state index in [1.165, 1.54) is 12.1 Å². The highest BCUT2D eigenvalue weighted by atomic mass is 19.1. The number of aryl methyl sites for hydroxylation is 1. The second kappa shape index (κ2) is 8.21. The Bertz CT molecular complexity index is 815. The lowest BCUT2D eigenvalue weighted by Gasteiger charge is -2.36. The molecule has 1 atom stereocenters. The van der Waals surface area contributed by atoms with Crippen molar-refractivity contribution in [3.63, 3.8) is 0 Å². The van der Waals surface area contributed by atoms with Crippen LogP contribution in [0.25, 0.3) is 0 Å². The molecule has 1 aromatic carbocycles. The zero-order valence-corrected chi connectivity index (χ0v) is 16.6. The number of amides is 1. The van der Waals surface area contributed by atoms with Gasteiger partial charge in [-0.05, 0) is 37.5 Å². The summed E-state index contributed by atoms with van der Waals surface area (Å²) in [6.45, 7) is 11.2. The molecule has 5 nitrogen and oxygen atoms in total. The van der Waals surface area contributed by atoms with Gasteiger partial charge >= 0.3 is 0 Å². The molecule has 0 spiro atoms. The molecule has 6 heteroatoms. The average Bonchev–Trinajstić information content (AvgIpc) is 2.88. The lowest BCUT2D eigenvalue weighted by molar-refractivity contribution is -0.133. The van der Waals surface area contributed by atoms with Gasteiger partial charge in [-0.25, -0.2) is 4.39 Å². The lowest BCUT2D eigenvalue weighted by atomic mass is 10.0. The first-order valence-electron chi connectivity index (χ1n) is 9.65. The molecule has 146 valence electrons. The number of benzene rings is 1. The van der Waals surface area contributed by atoms with Crippen molar-refractivity contribution in [3.8, 4) is 0 Å². The van der Waals surface area contributed by atoms with E-state index in [2.05, 4.69) is 24.3 Å². The van der Waals surface area contributed by atoms with Crippen LogP contribution in [-0.4, -0.2) is 40.2 Å². The molecule has 1 unspecified atom stereocenters. The van der Waals surface area contributed by atoms with E-state index in [0.29, 0.717) is 25.4 Å². The minimum absolute atomic E-state index is 0.0704. The first-order chi connectivity index (χ1) is 12.9. The molecule has 0 saturated carbocycles. The summed E-state index contributed by atoms with van der Waals surface area (Å²) in [6.07, 6.45) is 0.335. The van der Waals surface area contributed by atoms with Gasteiger partial charge in [-0.2, -0.15) is 5.10 Å². The Morgan fingerprint density at radius 2 is 2.15 bits per heavy atom. The van der Waals surface area contributed by atoms with Crippen LogP contribution < -0.4 is 5.32 Å².